The maximum Gasteiger partial charge on any atom is 0.242 e. The number of hydrogen-bond donors (Lipinski definition) is 1. The van der Waals surface area contributed by atoms with Crippen LogP contribution in [0.1, 0.15) is 31.4 Å². The van der Waals surface area contributed by atoms with Gasteiger partial charge in [-0.25, -0.2) is 12.7 Å². The normalized spacial score (nSPS) is 12.6. The largest absolute Gasteiger partial charge is 0.497 e. The summed E-state index contributed by atoms with van der Waals surface area (Å²) < 4.78 is 31.3. The van der Waals surface area contributed by atoms with E-state index in [-0.39, 0.29) is 29.8 Å². The quantitative estimate of drug-likeness (QED) is 0.714. The van der Waals surface area contributed by atoms with Crippen molar-refractivity contribution in [3.05, 3.63) is 60.2 Å². The van der Waals surface area contributed by atoms with Crippen molar-refractivity contribution in [2.24, 2.45) is 0 Å². The van der Waals surface area contributed by atoms with E-state index >= 15 is 0 Å². The smallest absolute Gasteiger partial charge is 0.242 e. The predicted octanol–water partition coefficient (Wildman–Crippen LogP) is 2.97. The first-order valence-corrected chi connectivity index (χ1v) is 10.2. The van der Waals surface area contributed by atoms with Crippen molar-refractivity contribution in [2.45, 2.75) is 30.7 Å². The number of methoxy groups -OCH3 is 1. The van der Waals surface area contributed by atoms with Crippen molar-refractivity contribution in [1.29, 1.82) is 0 Å². The van der Waals surface area contributed by atoms with Gasteiger partial charge < -0.3 is 10.1 Å². The molecular weight excluding hydrogens is 364 g/mol. The minimum absolute atomic E-state index is 0.108. The molecule has 0 aliphatic carbocycles. The highest BCUT2D eigenvalue weighted by atomic mass is 32.2. The molecule has 2 aromatic carbocycles. The standard InChI is InChI=1S/C20H26N2O4S/c1-16(17-11-13-18(26-3)14-12-17)21-20(23)10-7-15-22(2)27(24,25)19-8-5-4-6-9-19/h4-6,8-9,11-14,16H,7,10,15H2,1-3H3,(H,21,23). The molecule has 6 nitrogen and oxygen atoms in total. The Hall–Kier alpha value is -2.38. The number of carbonyl (C=O) groups is 1. The van der Waals surface area contributed by atoms with Crippen LogP contribution in [0.4, 0.5) is 0 Å². The van der Waals surface area contributed by atoms with E-state index in [0.717, 1.165) is 11.3 Å². The van der Waals surface area contributed by atoms with Gasteiger partial charge in [-0.3, -0.25) is 4.79 Å². The monoisotopic (exact) mass is 390 g/mol. The molecular formula is C20H26N2O4S. The number of nitrogens with one attached hydrogen (secondary N) is 1. The second-order valence-electron chi connectivity index (χ2n) is 6.31. The Bertz CT molecular complexity index is 836. The van der Waals surface area contributed by atoms with E-state index in [0.29, 0.717) is 6.42 Å². The summed E-state index contributed by atoms with van der Waals surface area (Å²) in [5.74, 6) is 0.656. The molecule has 1 amide bonds. The van der Waals surface area contributed by atoms with E-state index in [1.54, 1.807) is 37.4 Å². The highest BCUT2D eigenvalue weighted by molar-refractivity contribution is 7.89. The van der Waals surface area contributed by atoms with Gasteiger partial charge in [-0.05, 0) is 43.2 Å². The molecule has 0 radical (unpaired) electrons. The minimum Gasteiger partial charge on any atom is -0.497 e. The molecule has 0 saturated heterocycles. The summed E-state index contributed by atoms with van der Waals surface area (Å²) in [5.41, 5.74) is 0.980. The zero-order valence-corrected chi connectivity index (χ0v) is 16.7. The second-order valence-corrected chi connectivity index (χ2v) is 8.35. The van der Waals surface area contributed by atoms with Crippen molar-refractivity contribution >= 4 is 15.9 Å². The fourth-order valence-corrected chi connectivity index (χ4v) is 3.87. The molecule has 0 aromatic heterocycles. The Balaban J connectivity index is 1.81. The summed E-state index contributed by atoms with van der Waals surface area (Å²) >= 11 is 0. The predicted molar refractivity (Wildman–Crippen MR) is 105 cm³/mol. The number of benzene rings is 2. The number of rotatable bonds is 9. The molecule has 1 unspecified atom stereocenters. The third-order valence-electron chi connectivity index (χ3n) is 4.32. The summed E-state index contributed by atoms with van der Waals surface area (Å²) in [6.45, 7) is 2.19. The molecule has 2 rings (SSSR count). The molecule has 0 aliphatic heterocycles. The fourth-order valence-electron chi connectivity index (χ4n) is 2.64. The molecule has 1 N–H and O–H groups in total. The van der Waals surface area contributed by atoms with Gasteiger partial charge in [-0.15, -0.1) is 0 Å². The summed E-state index contributed by atoms with van der Waals surface area (Å²) in [6, 6.07) is 15.7. The highest BCUT2D eigenvalue weighted by Gasteiger charge is 2.20. The topological polar surface area (TPSA) is 75.7 Å². The van der Waals surface area contributed by atoms with Gasteiger partial charge in [-0.1, -0.05) is 30.3 Å². The zero-order valence-electron chi connectivity index (χ0n) is 15.9. The van der Waals surface area contributed by atoms with E-state index in [2.05, 4.69) is 5.32 Å². The molecule has 2 aromatic rings. The van der Waals surface area contributed by atoms with Crippen LogP contribution in [0.25, 0.3) is 0 Å². The van der Waals surface area contributed by atoms with E-state index in [9.17, 15) is 13.2 Å². The average molecular weight is 391 g/mol. The van der Waals surface area contributed by atoms with Crippen LogP contribution in [-0.2, 0) is 14.8 Å². The minimum atomic E-state index is -3.52. The van der Waals surface area contributed by atoms with E-state index < -0.39 is 10.0 Å². The van der Waals surface area contributed by atoms with Gasteiger partial charge in [0.25, 0.3) is 0 Å². The maximum atomic E-state index is 12.4. The Morgan fingerprint density at radius 1 is 1.11 bits per heavy atom. The summed E-state index contributed by atoms with van der Waals surface area (Å²) in [5, 5.41) is 2.93. The van der Waals surface area contributed by atoms with Crippen LogP contribution in [0.15, 0.2) is 59.5 Å². The van der Waals surface area contributed by atoms with Gasteiger partial charge in [0.05, 0.1) is 18.0 Å². The number of hydrogen-bond acceptors (Lipinski definition) is 4. The fraction of sp³-hybridized carbons (Fsp3) is 0.350. The van der Waals surface area contributed by atoms with Crippen molar-refractivity contribution in [2.75, 3.05) is 20.7 Å². The molecule has 27 heavy (non-hydrogen) atoms. The van der Waals surface area contributed by atoms with Gasteiger partial charge in [0, 0.05) is 20.0 Å². The third kappa shape index (κ3) is 5.80. The maximum absolute atomic E-state index is 12.4. The van der Waals surface area contributed by atoms with Gasteiger partial charge in [0.1, 0.15) is 5.75 Å². The average Bonchev–Trinajstić information content (AvgIpc) is 2.68. The van der Waals surface area contributed by atoms with Crippen molar-refractivity contribution < 1.29 is 17.9 Å². The SMILES string of the molecule is COc1ccc(C(C)NC(=O)CCCN(C)S(=O)(=O)c2ccccc2)cc1. The Morgan fingerprint density at radius 2 is 1.74 bits per heavy atom. The molecule has 146 valence electrons. The third-order valence-corrected chi connectivity index (χ3v) is 6.19. The molecule has 0 spiro atoms. The van der Waals surface area contributed by atoms with Crippen molar-refractivity contribution in [3.8, 4) is 5.75 Å². The lowest BCUT2D eigenvalue weighted by Crippen LogP contribution is -2.30. The molecule has 0 bridgehead atoms. The van der Waals surface area contributed by atoms with Gasteiger partial charge in [0.15, 0.2) is 0 Å². The van der Waals surface area contributed by atoms with Crippen LogP contribution in [0.3, 0.4) is 0 Å². The van der Waals surface area contributed by atoms with Gasteiger partial charge in [0.2, 0.25) is 15.9 Å². The van der Waals surface area contributed by atoms with Crippen LogP contribution in [0, 0.1) is 0 Å². The van der Waals surface area contributed by atoms with E-state index in [4.69, 9.17) is 4.74 Å². The summed E-state index contributed by atoms with van der Waals surface area (Å²) in [6.07, 6.45) is 0.707. The Morgan fingerprint density at radius 3 is 2.33 bits per heavy atom. The second kappa shape index (κ2) is 9.53. The van der Waals surface area contributed by atoms with Gasteiger partial charge in [-0.2, -0.15) is 0 Å². The Kier molecular flexibility index (Phi) is 7.38. The summed E-state index contributed by atoms with van der Waals surface area (Å²) in [4.78, 5) is 12.4. The Labute approximate surface area is 161 Å². The first-order valence-electron chi connectivity index (χ1n) is 8.79. The lowest BCUT2D eigenvalue weighted by atomic mass is 10.1. The molecule has 0 saturated carbocycles. The highest BCUT2D eigenvalue weighted by Crippen LogP contribution is 2.18. The molecule has 0 aliphatic rings. The van der Waals surface area contributed by atoms with Crippen LogP contribution < -0.4 is 10.1 Å². The van der Waals surface area contributed by atoms with Crippen molar-refractivity contribution in [1.82, 2.24) is 9.62 Å². The van der Waals surface area contributed by atoms with Gasteiger partial charge >= 0.3 is 0 Å². The molecule has 0 fully saturated rings. The first-order chi connectivity index (χ1) is 12.8. The first kappa shape index (κ1) is 20.9. The van der Waals surface area contributed by atoms with E-state index in [1.807, 2.05) is 31.2 Å². The number of ether oxygens (including phenoxy) is 1. The number of sulfonamides is 1. The lowest BCUT2D eigenvalue weighted by molar-refractivity contribution is -0.121. The van der Waals surface area contributed by atoms with Crippen LogP contribution in [-0.4, -0.2) is 39.3 Å². The molecule has 1 atom stereocenters. The number of amides is 1. The van der Waals surface area contributed by atoms with Crippen LogP contribution in [0.2, 0.25) is 0 Å². The number of nitrogens with zero attached hydrogens (tertiary/aromatic N) is 1. The van der Waals surface area contributed by atoms with E-state index in [1.165, 1.54) is 11.4 Å². The lowest BCUT2D eigenvalue weighted by Gasteiger charge is -2.18. The molecule has 0 heterocycles. The van der Waals surface area contributed by atoms with Crippen LogP contribution >= 0.6 is 0 Å². The molecule has 7 heteroatoms. The zero-order chi connectivity index (χ0) is 19.9. The number of carbonyl (C=O) groups excluding carboxylic acids is 1. The van der Waals surface area contributed by atoms with Crippen molar-refractivity contribution in [3.63, 3.8) is 0 Å². The summed E-state index contributed by atoms with van der Waals surface area (Å²) in [7, 11) is -0.385. The van der Waals surface area contributed by atoms with Crippen LogP contribution in [0.5, 0.6) is 5.75 Å².